The van der Waals surface area contributed by atoms with Crippen molar-refractivity contribution in [3.63, 3.8) is 0 Å². The first-order valence-corrected chi connectivity index (χ1v) is 7.68. The quantitative estimate of drug-likeness (QED) is 0.571. The van der Waals surface area contributed by atoms with E-state index in [-0.39, 0.29) is 11.5 Å². The minimum absolute atomic E-state index is 0.249. The van der Waals surface area contributed by atoms with Gasteiger partial charge in [0.05, 0.1) is 13.2 Å². The van der Waals surface area contributed by atoms with Gasteiger partial charge in [-0.1, -0.05) is 39.0 Å². The molecule has 0 radical (unpaired) electrons. The number of rotatable bonds is 7. The maximum atomic E-state index is 11.8. The van der Waals surface area contributed by atoms with Crippen molar-refractivity contribution in [2.75, 3.05) is 13.2 Å². The molecule has 1 aliphatic carbocycles. The van der Waals surface area contributed by atoms with Gasteiger partial charge in [-0.15, -0.1) is 0 Å². The normalized spacial score (nSPS) is 20.6. The summed E-state index contributed by atoms with van der Waals surface area (Å²) < 4.78 is 10.8. The molecule has 1 rings (SSSR count). The molecule has 0 aliphatic heterocycles. The molecule has 1 aliphatic rings. The van der Waals surface area contributed by atoms with E-state index < -0.39 is 6.10 Å². The number of hydrogen-bond donors (Lipinski definition) is 1. The molecule has 0 aromatic heterocycles. The van der Waals surface area contributed by atoms with E-state index in [1.165, 1.54) is 12.8 Å². The van der Waals surface area contributed by atoms with E-state index in [0.717, 1.165) is 32.1 Å². The Morgan fingerprint density at radius 3 is 2.37 bits per heavy atom. The van der Waals surface area contributed by atoms with Gasteiger partial charge in [-0.3, -0.25) is 0 Å². The third-order valence-electron chi connectivity index (χ3n) is 3.77. The summed E-state index contributed by atoms with van der Waals surface area (Å²) in [5, 5.41) is 0. The predicted octanol–water partition coefficient (Wildman–Crippen LogP) is 2.79. The van der Waals surface area contributed by atoms with Gasteiger partial charge in [0.25, 0.3) is 0 Å². The van der Waals surface area contributed by atoms with Crippen LogP contribution >= 0.6 is 0 Å². The van der Waals surface area contributed by atoms with Gasteiger partial charge in [0.15, 0.2) is 6.10 Å². The molecule has 2 N–H and O–H groups in total. The molecular weight excluding hydrogens is 242 g/mol. The van der Waals surface area contributed by atoms with Crippen LogP contribution in [0.2, 0.25) is 0 Å². The lowest BCUT2D eigenvalue weighted by atomic mass is 9.92. The molecule has 0 aromatic carbocycles. The van der Waals surface area contributed by atoms with E-state index in [2.05, 4.69) is 0 Å². The molecule has 4 nitrogen and oxygen atoms in total. The van der Waals surface area contributed by atoms with Gasteiger partial charge in [-0.25, -0.2) is 4.79 Å². The Labute approximate surface area is 117 Å². The summed E-state index contributed by atoms with van der Waals surface area (Å²) in [5.74, 6) is -0.249. The van der Waals surface area contributed by atoms with Crippen molar-refractivity contribution in [1.82, 2.24) is 0 Å². The molecule has 0 saturated heterocycles. The predicted molar refractivity (Wildman–Crippen MR) is 75.9 cm³/mol. The van der Waals surface area contributed by atoms with E-state index in [1.54, 1.807) is 0 Å². The van der Waals surface area contributed by atoms with Crippen LogP contribution in [-0.2, 0) is 14.3 Å². The first-order valence-electron chi connectivity index (χ1n) is 7.68. The van der Waals surface area contributed by atoms with Crippen LogP contribution in [0.3, 0.4) is 0 Å². The number of esters is 1. The largest absolute Gasteiger partial charge is 0.464 e. The number of hydrogen-bond acceptors (Lipinski definition) is 4. The Morgan fingerprint density at radius 1 is 1.21 bits per heavy atom. The molecule has 1 atom stereocenters. The second-order valence-electron chi connectivity index (χ2n) is 5.62. The zero-order chi connectivity index (χ0) is 14.1. The van der Waals surface area contributed by atoms with E-state index in [9.17, 15) is 4.79 Å². The standard InChI is InChI=1S/C15H29NO3/c1-3-9-13(14(17)18-4-2)19-12-15(16)10-7-5-6-8-11-15/h13H,3-12,16H2,1-2H3. The fourth-order valence-corrected chi connectivity index (χ4v) is 2.61. The van der Waals surface area contributed by atoms with E-state index in [0.29, 0.717) is 19.6 Å². The highest BCUT2D eigenvalue weighted by Gasteiger charge is 2.29. The Morgan fingerprint density at radius 2 is 1.84 bits per heavy atom. The summed E-state index contributed by atoms with van der Waals surface area (Å²) in [6, 6.07) is 0. The SMILES string of the molecule is CCCC(OCC1(N)CCCCCC1)C(=O)OCC. The maximum absolute atomic E-state index is 11.8. The van der Waals surface area contributed by atoms with Crippen molar-refractivity contribution >= 4 is 5.97 Å². The summed E-state index contributed by atoms with van der Waals surface area (Å²) in [4.78, 5) is 11.8. The van der Waals surface area contributed by atoms with Crippen LogP contribution in [0.25, 0.3) is 0 Å². The maximum Gasteiger partial charge on any atom is 0.335 e. The molecule has 0 spiro atoms. The molecule has 4 heteroatoms. The lowest BCUT2D eigenvalue weighted by Crippen LogP contribution is -2.46. The van der Waals surface area contributed by atoms with Gasteiger partial charge in [0.2, 0.25) is 0 Å². The number of carbonyl (C=O) groups is 1. The van der Waals surface area contributed by atoms with Gasteiger partial charge in [-0.05, 0) is 26.2 Å². The van der Waals surface area contributed by atoms with Gasteiger partial charge in [0, 0.05) is 5.54 Å². The first-order chi connectivity index (χ1) is 9.11. The molecule has 0 bridgehead atoms. The van der Waals surface area contributed by atoms with Gasteiger partial charge in [0.1, 0.15) is 0 Å². The monoisotopic (exact) mass is 271 g/mol. The second kappa shape index (κ2) is 8.54. The third-order valence-corrected chi connectivity index (χ3v) is 3.77. The van der Waals surface area contributed by atoms with Crippen molar-refractivity contribution in [3.8, 4) is 0 Å². The van der Waals surface area contributed by atoms with Gasteiger partial charge < -0.3 is 15.2 Å². The van der Waals surface area contributed by atoms with Crippen LogP contribution in [-0.4, -0.2) is 30.8 Å². The summed E-state index contributed by atoms with van der Waals surface area (Å²) in [5.41, 5.74) is 6.15. The van der Waals surface area contributed by atoms with E-state index in [1.807, 2.05) is 13.8 Å². The zero-order valence-corrected chi connectivity index (χ0v) is 12.5. The van der Waals surface area contributed by atoms with Gasteiger partial charge in [-0.2, -0.15) is 0 Å². The fraction of sp³-hybridized carbons (Fsp3) is 0.933. The van der Waals surface area contributed by atoms with Crippen molar-refractivity contribution in [2.24, 2.45) is 5.73 Å². The van der Waals surface area contributed by atoms with Gasteiger partial charge >= 0.3 is 5.97 Å². The molecule has 0 heterocycles. The van der Waals surface area contributed by atoms with Crippen molar-refractivity contribution in [1.29, 1.82) is 0 Å². The minimum atomic E-state index is -0.450. The first kappa shape index (κ1) is 16.4. The molecule has 1 unspecified atom stereocenters. The smallest absolute Gasteiger partial charge is 0.335 e. The molecule has 1 saturated carbocycles. The number of nitrogens with two attached hydrogens (primary N) is 1. The van der Waals surface area contributed by atoms with Crippen LogP contribution in [0.4, 0.5) is 0 Å². The number of ether oxygens (including phenoxy) is 2. The average molecular weight is 271 g/mol. The summed E-state index contributed by atoms with van der Waals surface area (Å²) >= 11 is 0. The van der Waals surface area contributed by atoms with Crippen LogP contribution in [0.5, 0.6) is 0 Å². The Hall–Kier alpha value is -0.610. The lowest BCUT2D eigenvalue weighted by Gasteiger charge is -2.29. The minimum Gasteiger partial charge on any atom is -0.464 e. The molecule has 112 valence electrons. The highest BCUT2D eigenvalue weighted by atomic mass is 16.6. The molecule has 0 aromatic rings. The zero-order valence-electron chi connectivity index (χ0n) is 12.5. The van der Waals surface area contributed by atoms with E-state index >= 15 is 0 Å². The van der Waals surface area contributed by atoms with Crippen molar-refractivity contribution in [2.45, 2.75) is 76.9 Å². The van der Waals surface area contributed by atoms with Crippen molar-refractivity contribution < 1.29 is 14.3 Å². The molecule has 0 amide bonds. The van der Waals surface area contributed by atoms with Crippen LogP contribution in [0, 0.1) is 0 Å². The Bertz CT molecular complexity index is 260. The fourth-order valence-electron chi connectivity index (χ4n) is 2.61. The lowest BCUT2D eigenvalue weighted by molar-refractivity contribution is -0.158. The third kappa shape index (κ3) is 5.91. The van der Waals surface area contributed by atoms with Crippen LogP contribution < -0.4 is 5.73 Å². The summed E-state index contributed by atoms with van der Waals surface area (Å²) in [6.07, 6.45) is 7.99. The summed E-state index contributed by atoms with van der Waals surface area (Å²) in [7, 11) is 0. The Balaban J connectivity index is 2.47. The molecule has 19 heavy (non-hydrogen) atoms. The van der Waals surface area contributed by atoms with E-state index in [4.69, 9.17) is 15.2 Å². The van der Waals surface area contributed by atoms with Crippen LogP contribution in [0.15, 0.2) is 0 Å². The molecule has 1 fully saturated rings. The van der Waals surface area contributed by atoms with Crippen molar-refractivity contribution in [3.05, 3.63) is 0 Å². The second-order valence-corrected chi connectivity index (χ2v) is 5.62. The number of carbonyl (C=O) groups excluding carboxylic acids is 1. The highest BCUT2D eigenvalue weighted by Crippen LogP contribution is 2.25. The Kier molecular flexibility index (Phi) is 7.39. The molecular formula is C15H29NO3. The average Bonchev–Trinajstić information content (AvgIpc) is 2.60. The van der Waals surface area contributed by atoms with Crippen LogP contribution in [0.1, 0.15) is 65.2 Å². The topological polar surface area (TPSA) is 61.5 Å². The highest BCUT2D eigenvalue weighted by molar-refractivity contribution is 5.74. The summed E-state index contributed by atoms with van der Waals surface area (Å²) in [6.45, 7) is 4.72.